The van der Waals surface area contributed by atoms with Crippen LogP contribution in [0.5, 0.6) is 5.75 Å². The van der Waals surface area contributed by atoms with Crippen LogP contribution in [0.2, 0.25) is 0 Å². The van der Waals surface area contributed by atoms with Crippen molar-refractivity contribution in [2.24, 2.45) is 0 Å². The molecule has 0 spiro atoms. The lowest BCUT2D eigenvalue weighted by molar-refractivity contribution is -0.134. The van der Waals surface area contributed by atoms with Crippen LogP contribution in [0.4, 0.5) is 13.2 Å². The van der Waals surface area contributed by atoms with Crippen LogP contribution in [0.25, 0.3) is 0 Å². The molecule has 0 atom stereocenters. The molecule has 0 bridgehead atoms. The monoisotopic (exact) mass is 232 g/mol. The minimum atomic E-state index is -1.64. The molecule has 0 heterocycles. The van der Waals surface area contributed by atoms with Gasteiger partial charge in [-0.1, -0.05) is 13.3 Å². The Balaban J connectivity index is 2.74. The van der Waals surface area contributed by atoms with E-state index in [0.29, 0.717) is 12.5 Å². The van der Waals surface area contributed by atoms with E-state index in [1.54, 1.807) is 0 Å². The van der Waals surface area contributed by atoms with E-state index in [-0.39, 0.29) is 6.42 Å². The first-order chi connectivity index (χ1) is 7.56. The molecule has 0 aliphatic rings. The van der Waals surface area contributed by atoms with Gasteiger partial charge in [-0.05, 0) is 18.6 Å². The number of rotatable bonds is 4. The minimum Gasteiger partial charge on any atom is -0.423 e. The standard InChI is InChI=1S/C11H11F3O2/c1-2-3-4-9(15)16-8-6-5-7(12)10(13)11(8)14/h5-6H,2-4H2,1H3. The van der Waals surface area contributed by atoms with Gasteiger partial charge < -0.3 is 4.74 Å². The van der Waals surface area contributed by atoms with Gasteiger partial charge in [-0.25, -0.2) is 8.78 Å². The fraction of sp³-hybridized carbons (Fsp3) is 0.364. The van der Waals surface area contributed by atoms with E-state index in [2.05, 4.69) is 4.74 Å². The smallest absolute Gasteiger partial charge is 0.311 e. The first kappa shape index (κ1) is 12.5. The molecule has 16 heavy (non-hydrogen) atoms. The highest BCUT2D eigenvalue weighted by atomic mass is 19.2. The third-order valence-electron chi connectivity index (χ3n) is 1.96. The van der Waals surface area contributed by atoms with Crippen molar-refractivity contribution >= 4 is 5.97 Å². The second-order valence-corrected chi connectivity index (χ2v) is 3.25. The summed E-state index contributed by atoms with van der Waals surface area (Å²) in [5.41, 5.74) is 0. The summed E-state index contributed by atoms with van der Waals surface area (Å²) in [7, 11) is 0. The fourth-order valence-electron chi connectivity index (χ4n) is 1.08. The van der Waals surface area contributed by atoms with Crippen LogP contribution in [0.3, 0.4) is 0 Å². The average Bonchev–Trinajstić information content (AvgIpc) is 2.27. The zero-order valence-electron chi connectivity index (χ0n) is 8.73. The van der Waals surface area contributed by atoms with Gasteiger partial charge in [0.05, 0.1) is 0 Å². The average molecular weight is 232 g/mol. The summed E-state index contributed by atoms with van der Waals surface area (Å²) in [4.78, 5) is 11.1. The highest BCUT2D eigenvalue weighted by molar-refractivity contribution is 5.72. The Hall–Kier alpha value is -1.52. The summed E-state index contributed by atoms with van der Waals surface area (Å²) in [6, 6.07) is 1.60. The van der Waals surface area contributed by atoms with Crippen LogP contribution in [-0.2, 0) is 4.79 Å². The van der Waals surface area contributed by atoms with Gasteiger partial charge in [0.25, 0.3) is 0 Å². The molecule has 1 rings (SSSR count). The maximum absolute atomic E-state index is 13.1. The zero-order chi connectivity index (χ0) is 12.1. The molecule has 0 unspecified atom stereocenters. The van der Waals surface area contributed by atoms with Crippen molar-refractivity contribution in [2.45, 2.75) is 26.2 Å². The van der Waals surface area contributed by atoms with Crippen LogP contribution in [0, 0.1) is 17.5 Å². The Labute approximate surface area is 91.0 Å². The van der Waals surface area contributed by atoms with E-state index in [4.69, 9.17) is 0 Å². The molecule has 0 aromatic heterocycles. The van der Waals surface area contributed by atoms with Gasteiger partial charge in [-0.15, -0.1) is 0 Å². The van der Waals surface area contributed by atoms with Gasteiger partial charge in [-0.3, -0.25) is 4.79 Å². The number of carbonyl (C=O) groups excluding carboxylic acids is 1. The van der Waals surface area contributed by atoms with Gasteiger partial charge in [0.15, 0.2) is 17.4 Å². The highest BCUT2D eigenvalue weighted by Crippen LogP contribution is 2.22. The normalized spacial score (nSPS) is 10.2. The maximum Gasteiger partial charge on any atom is 0.311 e. The van der Waals surface area contributed by atoms with Crippen molar-refractivity contribution in [1.82, 2.24) is 0 Å². The highest BCUT2D eigenvalue weighted by Gasteiger charge is 2.16. The molecule has 0 amide bonds. The van der Waals surface area contributed by atoms with E-state index in [1.165, 1.54) is 0 Å². The molecule has 0 N–H and O–H groups in total. The Morgan fingerprint density at radius 3 is 2.56 bits per heavy atom. The summed E-state index contributed by atoms with van der Waals surface area (Å²) in [6.45, 7) is 1.88. The van der Waals surface area contributed by atoms with Gasteiger partial charge in [0.2, 0.25) is 5.82 Å². The summed E-state index contributed by atoms with van der Waals surface area (Å²) in [5, 5.41) is 0. The van der Waals surface area contributed by atoms with Gasteiger partial charge >= 0.3 is 5.97 Å². The van der Waals surface area contributed by atoms with E-state index in [1.807, 2.05) is 6.92 Å². The molecule has 88 valence electrons. The number of ether oxygens (including phenoxy) is 1. The number of carbonyl (C=O) groups is 1. The molecular formula is C11H11F3O2. The molecule has 0 radical (unpaired) electrons. The lowest BCUT2D eigenvalue weighted by atomic mass is 10.2. The Kier molecular flexibility index (Phi) is 4.34. The molecule has 1 aromatic carbocycles. The van der Waals surface area contributed by atoms with Crippen molar-refractivity contribution in [3.8, 4) is 5.75 Å². The van der Waals surface area contributed by atoms with E-state index < -0.39 is 29.2 Å². The first-order valence-electron chi connectivity index (χ1n) is 4.90. The summed E-state index contributed by atoms with van der Waals surface area (Å²) < 4.78 is 42.9. The quantitative estimate of drug-likeness (QED) is 0.452. The summed E-state index contributed by atoms with van der Waals surface area (Å²) >= 11 is 0. The number of benzene rings is 1. The van der Waals surface area contributed by atoms with Crippen molar-refractivity contribution < 1.29 is 22.7 Å². The molecule has 2 nitrogen and oxygen atoms in total. The van der Waals surface area contributed by atoms with Crippen LogP contribution in [-0.4, -0.2) is 5.97 Å². The zero-order valence-corrected chi connectivity index (χ0v) is 8.73. The second kappa shape index (κ2) is 5.53. The number of hydrogen-bond acceptors (Lipinski definition) is 2. The molecule has 0 fully saturated rings. The fourth-order valence-corrected chi connectivity index (χ4v) is 1.08. The predicted octanol–water partition coefficient (Wildman–Crippen LogP) is 3.20. The topological polar surface area (TPSA) is 26.3 Å². The molecule has 5 heteroatoms. The molecule has 1 aromatic rings. The first-order valence-corrected chi connectivity index (χ1v) is 4.90. The number of unbranched alkanes of at least 4 members (excludes halogenated alkanes) is 1. The Morgan fingerprint density at radius 1 is 1.25 bits per heavy atom. The number of halogens is 3. The van der Waals surface area contributed by atoms with Crippen LogP contribution < -0.4 is 4.74 Å². The third kappa shape index (κ3) is 2.98. The molecular weight excluding hydrogens is 221 g/mol. The van der Waals surface area contributed by atoms with Gasteiger partial charge in [-0.2, -0.15) is 4.39 Å². The lowest BCUT2D eigenvalue weighted by Gasteiger charge is -2.05. The summed E-state index contributed by atoms with van der Waals surface area (Å²) in [6.07, 6.45) is 1.51. The number of esters is 1. The predicted molar refractivity (Wildman–Crippen MR) is 51.5 cm³/mol. The third-order valence-corrected chi connectivity index (χ3v) is 1.96. The maximum atomic E-state index is 13.1. The number of hydrogen-bond donors (Lipinski definition) is 0. The van der Waals surface area contributed by atoms with Gasteiger partial charge in [0.1, 0.15) is 0 Å². The molecule has 0 saturated carbocycles. The minimum absolute atomic E-state index is 0.120. The van der Waals surface area contributed by atoms with Crippen molar-refractivity contribution in [2.75, 3.05) is 0 Å². The second-order valence-electron chi connectivity index (χ2n) is 3.25. The summed E-state index contributed by atoms with van der Waals surface area (Å²) in [5.74, 6) is -5.68. The molecule has 0 aliphatic carbocycles. The van der Waals surface area contributed by atoms with E-state index in [0.717, 1.165) is 12.5 Å². The van der Waals surface area contributed by atoms with Crippen LogP contribution >= 0.6 is 0 Å². The van der Waals surface area contributed by atoms with Crippen LogP contribution in [0.15, 0.2) is 12.1 Å². The van der Waals surface area contributed by atoms with Crippen molar-refractivity contribution in [3.05, 3.63) is 29.6 Å². The van der Waals surface area contributed by atoms with Crippen molar-refractivity contribution in [1.29, 1.82) is 0 Å². The SMILES string of the molecule is CCCCC(=O)Oc1ccc(F)c(F)c1F. The molecule has 0 saturated heterocycles. The Bertz CT molecular complexity index is 391. The molecule has 0 aliphatic heterocycles. The van der Waals surface area contributed by atoms with Crippen molar-refractivity contribution in [3.63, 3.8) is 0 Å². The largest absolute Gasteiger partial charge is 0.423 e. The Morgan fingerprint density at radius 2 is 1.94 bits per heavy atom. The van der Waals surface area contributed by atoms with Crippen LogP contribution in [0.1, 0.15) is 26.2 Å². The van der Waals surface area contributed by atoms with Gasteiger partial charge in [0, 0.05) is 6.42 Å². The lowest BCUT2D eigenvalue weighted by Crippen LogP contribution is -2.09. The van der Waals surface area contributed by atoms with E-state index >= 15 is 0 Å². The van der Waals surface area contributed by atoms with E-state index in [9.17, 15) is 18.0 Å².